The Morgan fingerprint density at radius 1 is 0.962 bits per heavy atom. The van der Waals surface area contributed by atoms with E-state index in [0.717, 1.165) is 10.5 Å². The summed E-state index contributed by atoms with van der Waals surface area (Å²) in [5, 5.41) is 0. The Bertz CT molecular complexity index is 658. The second kappa shape index (κ2) is 9.05. The minimum Gasteiger partial charge on any atom is -0.463 e. The molecule has 1 aliphatic heterocycles. The van der Waals surface area contributed by atoms with Crippen LogP contribution in [-0.2, 0) is 33.3 Å². The molecule has 1 unspecified atom stereocenters. The predicted octanol–water partition coefficient (Wildman–Crippen LogP) is 2.24. The maximum absolute atomic E-state index is 11.5. The van der Waals surface area contributed by atoms with E-state index in [0.29, 0.717) is 0 Å². The lowest BCUT2D eigenvalue weighted by Gasteiger charge is -2.23. The Balaban J connectivity index is 2.22. The number of hydrogen-bond acceptors (Lipinski definition) is 8. The summed E-state index contributed by atoms with van der Waals surface area (Å²) >= 11 is 1.35. The van der Waals surface area contributed by atoms with Crippen molar-refractivity contribution in [1.29, 1.82) is 0 Å². The van der Waals surface area contributed by atoms with Gasteiger partial charge in [-0.25, -0.2) is 0 Å². The monoisotopic (exact) mass is 382 g/mol. The summed E-state index contributed by atoms with van der Waals surface area (Å²) in [6, 6.07) is 7.76. The summed E-state index contributed by atoms with van der Waals surface area (Å²) in [7, 11) is 0. The van der Waals surface area contributed by atoms with Crippen LogP contribution >= 0.6 is 11.8 Å². The number of hydrogen-bond donors (Lipinski definition) is 0. The molecule has 1 saturated heterocycles. The molecular weight excluding hydrogens is 360 g/mol. The highest BCUT2D eigenvalue weighted by atomic mass is 32.2. The average Bonchev–Trinajstić information content (AvgIpc) is 2.84. The van der Waals surface area contributed by atoms with Crippen LogP contribution in [0.25, 0.3) is 0 Å². The van der Waals surface area contributed by atoms with E-state index in [1.807, 2.05) is 31.2 Å². The highest BCUT2D eigenvalue weighted by Gasteiger charge is 2.50. The Labute approximate surface area is 156 Å². The van der Waals surface area contributed by atoms with Gasteiger partial charge < -0.3 is 18.9 Å². The lowest BCUT2D eigenvalue weighted by atomic mass is 10.1. The highest BCUT2D eigenvalue weighted by molar-refractivity contribution is 7.99. The molecule has 1 aromatic carbocycles. The van der Waals surface area contributed by atoms with Crippen LogP contribution in [0, 0.1) is 6.92 Å². The molecule has 0 bridgehead atoms. The van der Waals surface area contributed by atoms with E-state index in [2.05, 4.69) is 0 Å². The fourth-order valence-electron chi connectivity index (χ4n) is 2.52. The predicted molar refractivity (Wildman–Crippen MR) is 93.4 cm³/mol. The highest BCUT2D eigenvalue weighted by Crippen LogP contribution is 2.37. The summed E-state index contributed by atoms with van der Waals surface area (Å²) in [6.45, 7) is 5.69. The van der Waals surface area contributed by atoms with Crippen molar-refractivity contribution >= 4 is 29.7 Å². The van der Waals surface area contributed by atoms with Crippen LogP contribution in [0.2, 0.25) is 0 Å². The van der Waals surface area contributed by atoms with Crippen molar-refractivity contribution < 1.29 is 33.3 Å². The summed E-state index contributed by atoms with van der Waals surface area (Å²) in [4.78, 5) is 35.0. The van der Waals surface area contributed by atoms with Gasteiger partial charge >= 0.3 is 17.9 Å². The average molecular weight is 382 g/mol. The minimum absolute atomic E-state index is 0.101. The molecule has 0 N–H and O–H groups in total. The number of ether oxygens (including phenoxy) is 4. The van der Waals surface area contributed by atoms with Crippen LogP contribution in [0.5, 0.6) is 0 Å². The summed E-state index contributed by atoms with van der Waals surface area (Å²) in [5.74, 6) is -1.53. The van der Waals surface area contributed by atoms with Crippen molar-refractivity contribution in [2.45, 2.75) is 56.3 Å². The van der Waals surface area contributed by atoms with Gasteiger partial charge in [0.25, 0.3) is 0 Å². The van der Waals surface area contributed by atoms with Crippen LogP contribution in [0.4, 0.5) is 0 Å². The number of benzene rings is 1. The van der Waals surface area contributed by atoms with Crippen molar-refractivity contribution in [3.05, 3.63) is 29.8 Å². The van der Waals surface area contributed by atoms with Gasteiger partial charge in [0.05, 0.1) is 0 Å². The zero-order valence-corrected chi connectivity index (χ0v) is 15.9. The summed E-state index contributed by atoms with van der Waals surface area (Å²) < 4.78 is 21.6. The van der Waals surface area contributed by atoms with E-state index < -0.39 is 41.7 Å². The van der Waals surface area contributed by atoms with Gasteiger partial charge in [-0.05, 0) is 19.1 Å². The fourth-order valence-corrected chi connectivity index (χ4v) is 3.63. The number of thioether (sulfide) groups is 1. The van der Waals surface area contributed by atoms with E-state index in [9.17, 15) is 14.4 Å². The largest absolute Gasteiger partial charge is 0.463 e. The molecule has 0 amide bonds. The molecule has 26 heavy (non-hydrogen) atoms. The zero-order valence-electron chi connectivity index (χ0n) is 15.1. The van der Waals surface area contributed by atoms with E-state index >= 15 is 0 Å². The SMILES string of the molecule is CC(=O)OC[C@H]1OC(Sc2ccc(C)cc2)[C@H](OC(C)=O)[C@@H]1OC(C)=O. The Morgan fingerprint density at radius 2 is 1.54 bits per heavy atom. The van der Waals surface area contributed by atoms with Gasteiger partial charge in [-0.3, -0.25) is 14.4 Å². The van der Waals surface area contributed by atoms with Crippen LogP contribution in [0.3, 0.4) is 0 Å². The van der Waals surface area contributed by atoms with Gasteiger partial charge in [-0.1, -0.05) is 29.5 Å². The first kappa shape index (κ1) is 20.3. The molecule has 7 nitrogen and oxygen atoms in total. The molecule has 2 rings (SSSR count). The first-order valence-corrected chi connectivity index (χ1v) is 9.01. The third-order valence-corrected chi connectivity index (χ3v) is 4.75. The lowest BCUT2D eigenvalue weighted by Crippen LogP contribution is -2.40. The van der Waals surface area contributed by atoms with E-state index in [1.54, 1.807) is 0 Å². The van der Waals surface area contributed by atoms with E-state index in [4.69, 9.17) is 18.9 Å². The van der Waals surface area contributed by atoms with Crippen LogP contribution in [-0.4, -0.2) is 48.3 Å². The Kier molecular flexibility index (Phi) is 7.05. The minimum atomic E-state index is -0.862. The number of rotatable bonds is 6. The van der Waals surface area contributed by atoms with Gasteiger partial charge in [0.2, 0.25) is 0 Å². The van der Waals surface area contributed by atoms with Gasteiger partial charge in [0.1, 0.15) is 18.1 Å². The topological polar surface area (TPSA) is 88.1 Å². The normalized spacial score (nSPS) is 24.8. The first-order valence-electron chi connectivity index (χ1n) is 8.13. The molecule has 0 radical (unpaired) electrons. The molecule has 1 aliphatic rings. The second-order valence-corrected chi connectivity index (χ2v) is 7.10. The number of carbonyl (C=O) groups is 3. The number of carbonyl (C=O) groups excluding carboxylic acids is 3. The van der Waals surface area contributed by atoms with Crippen molar-refractivity contribution in [1.82, 2.24) is 0 Å². The molecular formula is C18H22O7S. The molecule has 4 atom stereocenters. The van der Waals surface area contributed by atoms with Crippen LogP contribution in [0.1, 0.15) is 26.3 Å². The first-order chi connectivity index (χ1) is 12.3. The smallest absolute Gasteiger partial charge is 0.303 e. The van der Waals surface area contributed by atoms with Gasteiger partial charge in [-0.15, -0.1) is 0 Å². The van der Waals surface area contributed by atoms with Crippen molar-refractivity contribution in [2.75, 3.05) is 6.61 Å². The fraction of sp³-hybridized carbons (Fsp3) is 0.500. The quantitative estimate of drug-likeness (QED) is 0.547. The molecule has 8 heteroatoms. The summed E-state index contributed by atoms with van der Waals surface area (Å²) in [6.07, 6.45) is -2.41. The van der Waals surface area contributed by atoms with Gasteiger partial charge in [0, 0.05) is 25.7 Å². The van der Waals surface area contributed by atoms with Crippen molar-refractivity contribution in [3.63, 3.8) is 0 Å². The summed E-state index contributed by atoms with van der Waals surface area (Å²) in [5.41, 5.74) is 0.510. The van der Waals surface area contributed by atoms with E-state index in [-0.39, 0.29) is 6.61 Å². The standard InChI is InChI=1S/C18H22O7S/c1-10-5-7-14(8-6-10)26-18-17(24-13(4)21)16(23-12(3)20)15(25-18)9-22-11(2)19/h5-8,15-18H,9H2,1-4H3/t15-,16-,17-,18?/m1/s1. The molecule has 1 fully saturated rings. The molecule has 0 aromatic heterocycles. The molecule has 1 heterocycles. The van der Waals surface area contributed by atoms with Crippen LogP contribution < -0.4 is 0 Å². The van der Waals surface area contributed by atoms with Gasteiger partial charge in [-0.2, -0.15) is 0 Å². The molecule has 0 saturated carbocycles. The molecule has 1 aromatic rings. The molecule has 0 spiro atoms. The Morgan fingerprint density at radius 3 is 2.08 bits per heavy atom. The van der Waals surface area contributed by atoms with Crippen LogP contribution in [0.15, 0.2) is 29.2 Å². The molecule has 142 valence electrons. The van der Waals surface area contributed by atoms with E-state index in [1.165, 1.54) is 32.5 Å². The Hall–Kier alpha value is -2.06. The van der Waals surface area contributed by atoms with Gasteiger partial charge in [0.15, 0.2) is 12.2 Å². The number of aryl methyl sites for hydroxylation is 1. The number of esters is 3. The zero-order chi connectivity index (χ0) is 19.3. The third-order valence-electron chi connectivity index (χ3n) is 3.60. The van der Waals surface area contributed by atoms with Crippen molar-refractivity contribution in [3.8, 4) is 0 Å². The maximum Gasteiger partial charge on any atom is 0.303 e. The second-order valence-electron chi connectivity index (χ2n) is 5.92. The third kappa shape index (κ3) is 5.74. The lowest BCUT2D eigenvalue weighted by molar-refractivity contribution is -0.165. The molecule has 0 aliphatic carbocycles. The van der Waals surface area contributed by atoms with Crippen molar-refractivity contribution in [2.24, 2.45) is 0 Å². The maximum atomic E-state index is 11.5.